The molecule has 0 heterocycles. The fourth-order valence-electron chi connectivity index (χ4n) is 2.49. The Hall–Kier alpha value is -0.0400. The predicted octanol–water partition coefficient (Wildman–Crippen LogP) is 3.63. The van der Waals surface area contributed by atoms with Crippen molar-refractivity contribution < 1.29 is 4.74 Å². The van der Waals surface area contributed by atoms with Crippen molar-refractivity contribution in [2.75, 3.05) is 7.11 Å². The van der Waals surface area contributed by atoms with E-state index in [9.17, 15) is 0 Å². The van der Waals surface area contributed by atoms with Gasteiger partial charge in [-0.15, -0.1) is 0 Å². The molecule has 1 heteroatoms. The van der Waals surface area contributed by atoms with Crippen LogP contribution in [0.1, 0.15) is 52.9 Å². The van der Waals surface area contributed by atoms with Crippen molar-refractivity contribution in [2.45, 2.75) is 58.5 Å². The lowest BCUT2D eigenvalue weighted by atomic mass is 9.88. The molecule has 0 aliphatic heterocycles. The van der Waals surface area contributed by atoms with Gasteiger partial charge in [0.25, 0.3) is 0 Å². The Morgan fingerprint density at radius 2 is 2.08 bits per heavy atom. The molecule has 0 aromatic carbocycles. The maximum absolute atomic E-state index is 5.58. The Labute approximate surface area is 82.9 Å². The zero-order valence-electron chi connectivity index (χ0n) is 9.60. The van der Waals surface area contributed by atoms with Crippen LogP contribution in [0.4, 0.5) is 0 Å². The average Bonchev–Trinajstić information content (AvgIpc) is 2.51. The first-order valence-corrected chi connectivity index (χ1v) is 5.65. The van der Waals surface area contributed by atoms with E-state index < -0.39 is 0 Å². The van der Waals surface area contributed by atoms with E-state index in [2.05, 4.69) is 20.8 Å². The molecule has 0 radical (unpaired) electrons. The Morgan fingerprint density at radius 3 is 2.46 bits per heavy atom. The summed E-state index contributed by atoms with van der Waals surface area (Å²) in [6.45, 7) is 6.84. The lowest BCUT2D eigenvalue weighted by molar-refractivity contribution is -0.0167. The molecule has 78 valence electrons. The number of methoxy groups -OCH3 is 1. The standard InChI is InChI=1S/C12H24O/c1-5-12(3,13-4)9-11-7-6-10(2)8-11/h10-11H,5-9H2,1-4H3. The fraction of sp³-hybridized carbons (Fsp3) is 1.00. The molecule has 1 aliphatic rings. The largest absolute Gasteiger partial charge is 0.379 e. The molecule has 0 aromatic heterocycles. The molecule has 3 unspecified atom stereocenters. The first-order valence-electron chi connectivity index (χ1n) is 5.65. The number of hydrogen-bond acceptors (Lipinski definition) is 1. The monoisotopic (exact) mass is 184 g/mol. The van der Waals surface area contributed by atoms with Crippen LogP contribution in [0.3, 0.4) is 0 Å². The van der Waals surface area contributed by atoms with Gasteiger partial charge in [0.2, 0.25) is 0 Å². The number of ether oxygens (including phenoxy) is 1. The highest BCUT2D eigenvalue weighted by Crippen LogP contribution is 2.37. The Bertz CT molecular complexity index is 149. The molecule has 0 spiro atoms. The van der Waals surface area contributed by atoms with E-state index in [1.165, 1.54) is 25.7 Å². The van der Waals surface area contributed by atoms with Crippen LogP contribution in [0.15, 0.2) is 0 Å². The van der Waals surface area contributed by atoms with E-state index in [0.29, 0.717) is 0 Å². The molecule has 0 aromatic rings. The smallest absolute Gasteiger partial charge is 0.0650 e. The second-order valence-electron chi connectivity index (χ2n) is 5.00. The van der Waals surface area contributed by atoms with Crippen molar-refractivity contribution in [1.29, 1.82) is 0 Å². The highest BCUT2D eigenvalue weighted by atomic mass is 16.5. The number of rotatable bonds is 4. The maximum Gasteiger partial charge on any atom is 0.0650 e. The Kier molecular flexibility index (Phi) is 3.78. The van der Waals surface area contributed by atoms with E-state index in [0.717, 1.165) is 18.3 Å². The molecule has 1 fully saturated rings. The summed E-state index contributed by atoms with van der Waals surface area (Å²) < 4.78 is 5.58. The zero-order valence-corrected chi connectivity index (χ0v) is 9.60. The SMILES string of the molecule is CCC(C)(CC1CCC(C)C1)OC. The van der Waals surface area contributed by atoms with Gasteiger partial charge in [0.05, 0.1) is 5.60 Å². The molecule has 0 amide bonds. The number of hydrogen-bond donors (Lipinski definition) is 0. The Balaban J connectivity index is 2.38. The van der Waals surface area contributed by atoms with E-state index in [4.69, 9.17) is 4.74 Å². The van der Waals surface area contributed by atoms with Crippen molar-refractivity contribution >= 4 is 0 Å². The van der Waals surface area contributed by atoms with Gasteiger partial charge in [-0.05, 0) is 38.0 Å². The third-order valence-corrected chi connectivity index (χ3v) is 3.76. The maximum atomic E-state index is 5.58. The molecule has 1 nitrogen and oxygen atoms in total. The molecule has 1 rings (SSSR count). The third-order valence-electron chi connectivity index (χ3n) is 3.76. The summed E-state index contributed by atoms with van der Waals surface area (Å²) in [4.78, 5) is 0. The minimum absolute atomic E-state index is 0.134. The van der Waals surface area contributed by atoms with E-state index in [1.807, 2.05) is 7.11 Å². The van der Waals surface area contributed by atoms with Crippen molar-refractivity contribution in [3.8, 4) is 0 Å². The topological polar surface area (TPSA) is 9.23 Å². The van der Waals surface area contributed by atoms with Crippen LogP contribution < -0.4 is 0 Å². The molecule has 0 N–H and O–H groups in total. The van der Waals surface area contributed by atoms with Gasteiger partial charge in [-0.2, -0.15) is 0 Å². The van der Waals surface area contributed by atoms with Crippen LogP contribution in [0, 0.1) is 11.8 Å². The summed E-state index contributed by atoms with van der Waals surface area (Å²) in [5.74, 6) is 1.86. The first kappa shape index (κ1) is 11.0. The molecule has 13 heavy (non-hydrogen) atoms. The van der Waals surface area contributed by atoms with E-state index >= 15 is 0 Å². The van der Waals surface area contributed by atoms with Gasteiger partial charge in [0.1, 0.15) is 0 Å². The molecule has 3 atom stereocenters. The van der Waals surface area contributed by atoms with Crippen LogP contribution in [0.5, 0.6) is 0 Å². The van der Waals surface area contributed by atoms with Gasteiger partial charge in [0.15, 0.2) is 0 Å². The highest BCUT2D eigenvalue weighted by molar-refractivity contribution is 4.81. The summed E-state index contributed by atoms with van der Waals surface area (Å²) in [5.41, 5.74) is 0.134. The summed E-state index contributed by atoms with van der Waals surface area (Å²) >= 11 is 0. The van der Waals surface area contributed by atoms with Gasteiger partial charge in [0, 0.05) is 7.11 Å². The van der Waals surface area contributed by atoms with Gasteiger partial charge in [-0.3, -0.25) is 0 Å². The lowest BCUT2D eigenvalue weighted by Gasteiger charge is -2.29. The fourth-order valence-corrected chi connectivity index (χ4v) is 2.49. The lowest BCUT2D eigenvalue weighted by Crippen LogP contribution is -2.28. The van der Waals surface area contributed by atoms with Crippen LogP contribution in [0.2, 0.25) is 0 Å². The second-order valence-corrected chi connectivity index (χ2v) is 5.00. The Morgan fingerprint density at radius 1 is 1.38 bits per heavy atom. The molecule has 1 aliphatic carbocycles. The van der Waals surface area contributed by atoms with Crippen molar-refractivity contribution in [1.82, 2.24) is 0 Å². The van der Waals surface area contributed by atoms with Crippen molar-refractivity contribution in [3.05, 3.63) is 0 Å². The average molecular weight is 184 g/mol. The molecule has 0 saturated heterocycles. The minimum atomic E-state index is 0.134. The summed E-state index contributed by atoms with van der Waals surface area (Å²) in [5, 5.41) is 0. The normalized spacial score (nSPS) is 33.2. The van der Waals surface area contributed by atoms with Crippen LogP contribution in [-0.2, 0) is 4.74 Å². The zero-order chi connectivity index (χ0) is 9.90. The van der Waals surface area contributed by atoms with Gasteiger partial charge < -0.3 is 4.74 Å². The van der Waals surface area contributed by atoms with Crippen LogP contribution in [0.25, 0.3) is 0 Å². The molecule has 0 bridgehead atoms. The molecular formula is C12H24O. The van der Waals surface area contributed by atoms with Gasteiger partial charge >= 0.3 is 0 Å². The van der Waals surface area contributed by atoms with Crippen molar-refractivity contribution in [3.63, 3.8) is 0 Å². The summed E-state index contributed by atoms with van der Waals surface area (Å²) in [6.07, 6.45) is 6.64. The summed E-state index contributed by atoms with van der Waals surface area (Å²) in [7, 11) is 1.85. The predicted molar refractivity (Wildman–Crippen MR) is 56.8 cm³/mol. The first-order chi connectivity index (χ1) is 6.09. The van der Waals surface area contributed by atoms with E-state index in [-0.39, 0.29) is 5.60 Å². The highest BCUT2D eigenvalue weighted by Gasteiger charge is 2.29. The summed E-state index contributed by atoms with van der Waals surface area (Å²) in [6, 6.07) is 0. The third kappa shape index (κ3) is 2.98. The van der Waals surface area contributed by atoms with Crippen LogP contribution >= 0.6 is 0 Å². The minimum Gasteiger partial charge on any atom is -0.379 e. The molecule has 1 saturated carbocycles. The van der Waals surface area contributed by atoms with E-state index in [1.54, 1.807) is 0 Å². The van der Waals surface area contributed by atoms with Gasteiger partial charge in [-0.25, -0.2) is 0 Å². The molecular weight excluding hydrogens is 160 g/mol. The van der Waals surface area contributed by atoms with Crippen molar-refractivity contribution in [2.24, 2.45) is 11.8 Å². The quantitative estimate of drug-likeness (QED) is 0.648. The van der Waals surface area contributed by atoms with Crippen LogP contribution in [-0.4, -0.2) is 12.7 Å². The van der Waals surface area contributed by atoms with Gasteiger partial charge in [-0.1, -0.05) is 26.7 Å². The second kappa shape index (κ2) is 4.45.